The number of halogens is 1. The molecule has 2 amide bonds. The lowest BCUT2D eigenvalue weighted by molar-refractivity contribution is -0.143. The van der Waals surface area contributed by atoms with Gasteiger partial charge in [0.15, 0.2) is 26.9 Å². The number of urea groups is 1. The van der Waals surface area contributed by atoms with Gasteiger partial charge in [0, 0.05) is 45.5 Å². The van der Waals surface area contributed by atoms with Crippen molar-refractivity contribution < 1.29 is 79.6 Å². The van der Waals surface area contributed by atoms with Gasteiger partial charge in [0.2, 0.25) is 17.7 Å². The van der Waals surface area contributed by atoms with Gasteiger partial charge in [0.05, 0.1) is 74.2 Å². The van der Waals surface area contributed by atoms with E-state index in [0.717, 1.165) is 59.0 Å². The SMILES string of the molecule is CCOC(=O)C1=NOC(c2ccccc2)(c2ccccc2)C1.CCc1cc(C)cc(CC)c1-c1c(OC(=O)C(C)(C)C)n2n(c1=O)CCOCC2.COc1nc(C)nc(NC(=O)NS(=O)(=O)c2cc(I)ccc2C(=O)O)n1.Cc1c(C(=O)c2cnn(C)c2O)ccc(S(C)(=O)=O)c1C1=NOCC1. The van der Waals surface area contributed by atoms with Gasteiger partial charge in [-0.1, -0.05) is 103 Å². The van der Waals surface area contributed by atoms with Crippen molar-refractivity contribution in [3.05, 3.63) is 185 Å². The van der Waals surface area contributed by atoms with Gasteiger partial charge in [-0.3, -0.25) is 19.7 Å². The van der Waals surface area contributed by atoms with E-state index in [1.807, 2.05) is 104 Å². The average Bonchev–Trinajstić information content (AvgIpc) is 1.57. The first-order valence-electron chi connectivity index (χ1n) is 32.0. The molecule has 0 radical (unpaired) electrons. The summed E-state index contributed by atoms with van der Waals surface area (Å²) in [7, 11) is -5.14. The van der Waals surface area contributed by atoms with Crippen LogP contribution in [0, 0.1) is 29.8 Å². The molecule has 4 N–H and O–H groups in total. The number of methoxy groups -OCH3 is 1. The third-order valence-corrected chi connectivity index (χ3v) is 19.2. The fraction of sp³-hybridized carbons (Fsp3) is 0.343. The number of hydrogen-bond donors (Lipinski definition) is 4. The molecule has 540 valence electrons. The van der Waals surface area contributed by atoms with Crippen molar-refractivity contribution in [2.24, 2.45) is 22.8 Å². The smallest absolute Gasteiger partial charge is 0.356 e. The summed E-state index contributed by atoms with van der Waals surface area (Å²) in [6.45, 7) is 19.2. The highest BCUT2D eigenvalue weighted by atomic mass is 127. The number of aromatic carboxylic acids is 1. The maximum Gasteiger partial charge on any atom is 0.356 e. The zero-order valence-corrected chi connectivity index (χ0v) is 61.9. The monoisotopic (exact) mass is 1550 g/mol. The molecule has 29 nitrogen and oxygen atoms in total. The van der Waals surface area contributed by atoms with E-state index in [1.165, 1.54) is 55.7 Å². The summed E-state index contributed by atoms with van der Waals surface area (Å²) in [5, 5.41) is 33.0. The van der Waals surface area contributed by atoms with Crippen molar-refractivity contribution >= 4 is 89.5 Å². The quantitative estimate of drug-likeness (QED) is 0.0375. The second-order valence-electron chi connectivity index (χ2n) is 24.3. The number of ketones is 1. The summed E-state index contributed by atoms with van der Waals surface area (Å²) < 4.78 is 77.2. The van der Waals surface area contributed by atoms with Crippen molar-refractivity contribution in [3.8, 4) is 28.9 Å². The van der Waals surface area contributed by atoms with Gasteiger partial charge < -0.3 is 38.8 Å². The van der Waals surface area contributed by atoms with E-state index in [2.05, 4.69) is 68.6 Å². The summed E-state index contributed by atoms with van der Waals surface area (Å²) >= 11 is 1.82. The number of aryl methyl sites for hydroxylation is 5. The first kappa shape index (κ1) is 77.5. The van der Waals surface area contributed by atoms with E-state index in [1.54, 1.807) is 27.9 Å². The minimum atomic E-state index is -4.45. The number of carboxylic acids is 1. The first-order valence-corrected chi connectivity index (χ1v) is 36.5. The van der Waals surface area contributed by atoms with Crippen molar-refractivity contribution in [1.82, 2.24) is 38.8 Å². The number of aromatic hydroxyl groups is 1. The molecule has 0 fully saturated rings. The van der Waals surface area contributed by atoms with E-state index in [9.17, 15) is 50.7 Å². The van der Waals surface area contributed by atoms with Crippen molar-refractivity contribution in [2.45, 2.75) is 116 Å². The van der Waals surface area contributed by atoms with Crippen LogP contribution in [0.15, 0.2) is 134 Å². The van der Waals surface area contributed by atoms with Gasteiger partial charge in [0.1, 0.15) is 28.5 Å². The Morgan fingerprint density at radius 3 is 1.91 bits per heavy atom. The number of amides is 2. The molecule has 0 atom stereocenters. The lowest BCUT2D eigenvalue weighted by Crippen LogP contribution is -2.35. The van der Waals surface area contributed by atoms with Crippen LogP contribution in [0.4, 0.5) is 10.7 Å². The molecule has 5 aromatic carbocycles. The Hall–Kier alpha value is -10.2. The number of hydrogen-bond acceptors (Lipinski definition) is 23. The number of carbonyl (C=O) groups is 5. The Kier molecular flexibility index (Phi) is 25.1. The highest BCUT2D eigenvalue weighted by Crippen LogP contribution is 2.42. The van der Waals surface area contributed by atoms with E-state index < -0.39 is 65.1 Å². The summed E-state index contributed by atoms with van der Waals surface area (Å²) in [4.78, 5) is 96.0. The highest BCUT2D eigenvalue weighted by molar-refractivity contribution is 14.1. The molecule has 6 heterocycles. The zero-order valence-electron chi connectivity index (χ0n) is 58.1. The number of aromatic nitrogens is 7. The van der Waals surface area contributed by atoms with Crippen molar-refractivity contribution in [1.29, 1.82) is 0 Å². The topological polar surface area (TPSA) is 382 Å². The second kappa shape index (κ2) is 33.1. The van der Waals surface area contributed by atoms with Crippen LogP contribution >= 0.6 is 22.6 Å². The number of nitrogens with one attached hydrogen (secondary N) is 2. The number of nitrogens with zero attached hydrogens (tertiary/aromatic N) is 9. The maximum absolute atomic E-state index is 13.5. The number of sulfonamides is 1. The number of esters is 2. The van der Waals surface area contributed by atoms with Gasteiger partial charge in [-0.25, -0.2) is 50.0 Å². The summed E-state index contributed by atoms with van der Waals surface area (Å²) in [6.07, 6.45) is 4.79. The Balaban J connectivity index is 0.000000173. The number of carboxylic acid groups (broad SMARTS) is 1. The number of carbonyl (C=O) groups excluding carboxylic acids is 4. The molecule has 3 aliphatic rings. The normalized spacial score (nSPS) is 13.8. The Labute approximate surface area is 602 Å². The fourth-order valence-corrected chi connectivity index (χ4v) is 13.9. The van der Waals surface area contributed by atoms with Crippen molar-refractivity contribution in [2.75, 3.05) is 45.1 Å². The molecule has 8 aromatic rings. The second-order valence-corrected chi connectivity index (χ2v) is 29.2. The van der Waals surface area contributed by atoms with Crippen molar-refractivity contribution in [3.63, 3.8) is 0 Å². The molecular formula is C70H78IN11O18S2. The molecule has 0 unspecified atom stereocenters. The fourth-order valence-electron chi connectivity index (χ4n) is 11.1. The summed E-state index contributed by atoms with van der Waals surface area (Å²) in [6, 6.07) is 29.2. The van der Waals surface area contributed by atoms with Crippen LogP contribution in [0.1, 0.15) is 125 Å². The minimum Gasteiger partial charge on any atom is -0.493 e. The van der Waals surface area contributed by atoms with E-state index in [-0.39, 0.29) is 51.2 Å². The van der Waals surface area contributed by atoms with Crippen LogP contribution in [0.25, 0.3) is 11.1 Å². The van der Waals surface area contributed by atoms with Gasteiger partial charge >= 0.3 is 29.9 Å². The zero-order chi connectivity index (χ0) is 74.6. The Morgan fingerprint density at radius 2 is 1.37 bits per heavy atom. The molecule has 32 heteroatoms. The lowest BCUT2D eigenvalue weighted by Gasteiger charge is -2.27. The molecule has 0 spiro atoms. The molecular weight excluding hydrogens is 1470 g/mol. The largest absolute Gasteiger partial charge is 0.493 e. The third kappa shape index (κ3) is 17.9. The Bertz CT molecular complexity index is 4790. The highest BCUT2D eigenvalue weighted by Gasteiger charge is 2.45. The van der Waals surface area contributed by atoms with Gasteiger partial charge in [-0.2, -0.15) is 20.1 Å². The Morgan fingerprint density at radius 1 is 0.755 bits per heavy atom. The number of ether oxygens (including phenoxy) is 4. The standard InChI is InChI=1S/C23H32N2O4.C18H17NO3.C16H17N3O5S.C13H12IN5O6S/c1-7-16-13-15(3)14-17(8-2)18(16)19-20(26)24-9-11-28-12-10-25(24)21(19)29-22(27)23(4,5)6;1-2-21-17(20)16-13-18(22-19-16,14-9-5-3-6-10-14)15-11-7-4-8-12-15;1-9-10(15(20)11-8-17-19(2)16(11)21)4-5-13(25(3,22)23)14(9)12-6-7-24-18-12;1-6-15-11(18-13(16-6)25-2)17-12(22)19-26(23,24)9-5-7(14)3-4-8(9)10(20)21/h13-14H,7-12H2,1-6H3;3-12H,2,13H2,1H3;4-5,8,21H,6-7H2,1-3H3;3-5H,1-2H3,(H,20,21)(H2,15,16,17,18,19,22). The summed E-state index contributed by atoms with van der Waals surface area (Å²) in [5.41, 5.74) is 6.66. The summed E-state index contributed by atoms with van der Waals surface area (Å²) in [5.74, 6) is -2.56. The molecule has 0 bridgehead atoms. The molecule has 102 heavy (non-hydrogen) atoms. The average molecular weight is 1550 g/mol. The van der Waals surface area contributed by atoms with E-state index in [4.69, 9.17) is 33.7 Å². The van der Waals surface area contributed by atoms with Crippen LogP contribution < -0.4 is 25.1 Å². The maximum atomic E-state index is 13.5. The minimum absolute atomic E-state index is 0.0493. The number of benzene rings is 5. The van der Waals surface area contributed by atoms with Crippen LogP contribution in [-0.2, 0) is 87.2 Å². The van der Waals surface area contributed by atoms with Crippen LogP contribution in [-0.4, -0.2) is 142 Å². The number of fused-ring (bicyclic) bond motifs is 1. The van der Waals surface area contributed by atoms with Gasteiger partial charge in [-0.05, 0) is 136 Å². The molecule has 0 saturated carbocycles. The number of rotatable bonds is 17. The number of anilines is 1. The van der Waals surface area contributed by atoms with E-state index >= 15 is 0 Å². The van der Waals surface area contributed by atoms with Gasteiger partial charge in [0.25, 0.3) is 15.6 Å². The van der Waals surface area contributed by atoms with Crippen LogP contribution in [0.2, 0.25) is 0 Å². The number of sulfone groups is 1. The van der Waals surface area contributed by atoms with Crippen LogP contribution in [0.5, 0.6) is 17.8 Å². The first-order chi connectivity index (χ1) is 48.3. The lowest BCUT2D eigenvalue weighted by atomic mass is 9.82. The van der Waals surface area contributed by atoms with E-state index in [0.29, 0.717) is 89.9 Å². The third-order valence-electron chi connectivity index (χ3n) is 16.0. The van der Waals surface area contributed by atoms with Gasteiger partial charge in [-0.15, -0.1) is 0 Å². The predicted octanol–water partition coefficient (Wildman–Crippen LogP) is 9.20. The molecule has 0 saturated heterocycles. The van der Waals surface area contributed by atoms with Crippen LogP contribution in [0.3, 0.4) is 0 Å². The predicted molar refractivity (Wildman–Crippen MR) is 383 cm³/mol. The molecule has 3 aromatic heterocycles. The molecule has 11 rings (SSSR count). The molecule has 3 aliphatic heterocycles. The molecule has 0 aliphatic carbocycles. The number of oxime groups is 2.